The number of aliphatic hydroxyl groups is 2. The van der Waals surface area contributed by atoms with Crippen molar-refractivity contribution < 1.29 is 34.0 Å². The van der Waals surface area contributed by atoms with Crippen LogP contribution >= 0.6 is 0 Å². The number of aliphatic hydroxyl groups excluding tert-OH is 2. The van der Waals surface area contributed by atoms with Gasteiger partial charge in [-0.3, -0.25) is 0 Å². The minimum atomic E-state index is -0.810. The second-order valence-corrected chi connectivity index (χ2v) is 9.84. The van der Waals surface area contributed by atoms with E-state index in [1.807, 2.05) is 6.92 Å². The van der Waals surface area contributed by atoms with Gasteiger partial charge in [-0.05, 0) is 30.8 Å². The molecule has 2 N–H and O–H groups in total. The molecule has 0 bridgehead atoms. The van der Waals surface area contributed by atoms with Crippen molar-refractivity contribution in [1.29, 1.82) is 0 Å². The third kappa shape index (κ3) is 1.30. The van der Waals surface area contributed by atoms with Crippen LogP contribution in [-0.4, -0.2) is 70.6 Å². The third-order valence-electron chi connectivity index (χ3n) is 9.24. The number of hydrogen-bond donors (Lipinski definition) is 2. The van der Waals surface area contributed by atoms with E-state index >= 15 is 0 Å². The zero-order valence-corrected chi connectivity index (χ0v) is 15.4. The summed E-state index contributed by atoms with van der Waals surface area (Å²) in [6, 6.07) is 0. The average molecular weight is 376 g/mol. The van der Waals surface area contributed by atoms with E-state index in [9.17, 15) is 15.0 Å². The van der Waals surface area contributed by atoms with E-state index in [0.29, 0.717) is 13.0 Å². The Labute approximate surface area is 156 Å². The number of hydrogen-bond acceptors (Lipinski definition) is 7. The number of epoxide rings is 3. The van der Waals surface area contributed by atoms with Crippen LogP contribution in [0.2, 0.25) is 0 Å². The monoisotopic (exact) mass is 376 g/mol. The predicted octanol–water partition coefficient (Wildman–Crippen LogP) is 0.0755. The number of ether oxygens (including phenoxy) is 4. The maximum atomic E-state index is 12.1. The summed E-state index contributed by atoms with van der Waals surface area (Å²) >= 11 is 0. The van der Waals surface area contributed by atoms with E-state index in [1.165, 1.54) is 0 Å². The SMILES string of the molecule is C[C@@H](CO)[C@]12O[C@H]1[C@@H]1O[C@]13[C@]1(O[C@H]1C[C@H]1C4=C(CC[C@@]13C)C(=O)OC4)[C@@H]2O. The van der Waals surface area contributed by atoms with Gasteiger partial charge in [0.2, 0.25) is 0 Å². The highest BCUT2D eigenvalue weighted by Gasteiger charge is 3.00. The van der Waals surface area contributed by atoms with E-state index in [1.54, 1.807) is 0 Å². The summed E-state index contributed by atoms with van der Waals surface area (Å²) < 4.78 is 24.2. The molecule has 7 rings (SSSR count). The molecule has 0 amide bonds. The van der Waals surface area contributed by atoms with Gasteiger partial charge in [-0.15, -0.1) is 0 Å². The minimum Gasteiger partial charge on any atom is -0.458 e. The highest BCUT2D eigenvalue weighted by molar-refractivity contribution is 5.92. The van der Waals surface area contributed by atoms with Gasteiger partial charge in [0.25, 0.3) is 0 Å². The second-order valence-electron chi connectivity index (χ2n) is 9.84. The molecule has 7 heteroatoms. The van der Waals surface area contributed by atoms with Gasteiger partial charge in [-0.2, -0.15) is 0 Å². The minimum absolute atomic E-state index is 0.0381. The van der Waals surface area contributed by atoms with Gasteiger partial charge in [0, 0.05) is 23.5 Å². The van der Waals surface area contributed by atoms with Gasteiger partial charge in [0.15, 0.2) is 5.60 Å². The quantitative estimate of drug-likeness (QED) is 0.519. The van der Waals surface area contributed by atoms with E-state index in [4.69, 9.17) is 18.9 Å². The molecule has 7 nitrogen and oxygen atoms in total. The van der Waals surface area contributed by atoms with Gasteiger partial charge in [0.05, 0.1) is 6.10 Å². The Balaban J connectivity index is 1.36. The first-order valence-corrected chi connectivity index (χ1v) is 10.1. The second kappa shape index (κ2) is 4.14. The van der Waals surface area contributed by atoms with Crippen LogP contribution in [0.4, 0.5) is 0 Å². The summed E-state index contributed by atoms with van der Waals surface area (Å²) in [5, 5.41) is 21.2. The largest absolute Gasteiger partial charge is 0.458 e. The fourth-order valence-corrected chi connectivity index (χ4v) is 7.73. The van der Waals surface area contributed by atoms with Crippen molar-refractivity contribution in [3.63, 3.8) is 0 Å². The average Bonchev–Trinajstić information content (AvgIpc) is 3.54. The Morgan fingerprint density at radius 2 is 2.07 bits per heavy atom. The van der Waals surface area contributed by atoms with E-state index in [-0.39, 0.29) is 48.1 Å². The molecule has 0 aromatic carbocycles. The molecule has 3 aliphatic carbocycles. The molecule has 0 radical (unpaired) electrons. The van der Waals surface area contributed by atoms with E-state index < -0.39 is 22.9 Å². The normalized spacial score (nSPS) is 62.2. The van der Waals surface area contributed by atoms with Crippen molar-refractivity contribution in [2.75, 3.05) is 13.2 Å². The molecular weight excluding hydrogens is 352 g/mol. The molecule has 5 fully saturated rings. The van der Waals surface area contributed by atoms with Crippen LogP contribution in [0.5, 0.6) is 0 Å². The van der Waals surface area contributed by atoms with Crippen LogP contribution in [0.25, 0.3) is 0 Å². The molecule has 7 aliphatic rings. The van der Waals surface area contributed by atoms with Crippen molar-refractivity contribution in [3.05, 3.63) is 11.1 Å². The Morgan fingerprint density at radius 3 is 2.85 bits per heavy atom. The summed E-state index contributed by atoms with van der Waals surface area (Å²) in [5.41, 5.74) is -0.338. The Bertz CT molecular complexity index is 838. The number of carbonyl (C=O) groups excluding carboxylic acids is 1. The van der Waals surface area contributed by atoms with Crippen molar-refractivity contribution in [2.24, 2.45) is 17.3 Å². The van der Waals surface area contributed by atoms with Gasteiger partial charge >= 0.3 is 5.97 Å². The zero-order valence-electron chi connectivity index (χ0n) is 15.4. The standard InChI is InChI=1S/C20H24O7/c1-8(6-21)18-13(26-18)14-20(27-14)17(2)4-3-9-10(7-24-15(9)22)11(17)5-12-19(20,25-12)16(18)23/h8,11-14,16,21,23H,3-7H2,1-2H3/t8-,11-,12-,13-,14-,16+,17-,18-,19+,20+/m0/s1. The molecule has 3 saturated heterocycles. The lowest BCUT2D eigenvalue weighted by atomic mass is 9.46. The molecule has 0 unspecified atom stereocenters. The van der Waals surface area contributed by atoms with Crippen LogP contribution in [0, 0.1) is 17.3 Å². The Hall–Kier alpha value is -0.990. The van der Waals surface area contributed by atoms with Crippen LogP contribution in [-0.2, 0) is 23.7 Å². The molecule has 4 heterocycles. The predicted molar refractivity (Wildman–Crippen MR) is 88.5 cm³/mol. The third-order valence-corrected chi connectivity index (χ3v) is 9.24. The molecule has 0 aromatic heterocycles. The maximum absolute atomic E-state index is 12.1. The molecule has 0 aromatic rings. The van der Waals surface area contributed by atoms with Crippen molar-refractivity contribution >= 4 is 5.97 Å². The van der Waals surface area contributed by atoms with Gasteiger partial charge < -0.3 is 29.2 Å². The van der Waals surface area contributed by atoms with Crippen LogP contribution in [0.15, 0.2) is 11.1 Å². The highest BCUT2D eigenvalue weighted by atomic mass is 16.7. The fourth-order valence-electron chi connectivity index (χ4n) is 7.73. The zero-order chi connectivity index (χ0) is 18.6. The molecule has 4 aliphatic heterocycles. The van der Waals surface area contributed by atoms with Crippen LogP contribution < -0.4 is 0 Å². The van der Waals surface area contributed by atoms with Gasteiger partial charge in [0.1, 0.15) is 36.1 Å². The first-order chi connectivity index (χ1) is 12.9. The summed E-state index contributed by atoms with van der Waals surface area (Å²) in [6.07, 6.45) is 1.06. The van der Waals surface area contributed by atoms with Gasteiger partial charge in [-0.1, -0.05) is 13.8 Å². The van der Waals surface area contributed by atoms with Crippen LogP contribution in [0.3, 0.4) is 0 Å². The van der Waals surface area contributed by atoms with Crippen molar-refractivity contribution in [2.45, 2.75) is 74.3 Å². The molecule has 146 valence electrons. The number of cyclic esters (lactones) is 1. The topological polar surface area (TPSA) is 104 Å². The smallest absolute Gasteiger partial charge is 0.334 e. The number of rotatable bonds is 2. The lowest BCUT2D eigenvalue weighted by Gasteiger charge is -2.53. The molecular formula is C20H24O7. The maximum Gasteiger partial charge on any atom is 0.334 e. The lowest BCUT2D eigenvalue weighted by molar-refractivity contribution is -0.136. The summed E-state index contributed by atoms with van der Waals surface area (Å²) in [7, 11) is 0. The summed E-state index contributed by atoms with van der Waals surface area (Å²) in [5.74, 6) is -0.172. The first kappa shape index (κ1) is 15.9. The number of esters is 1. The van der Waals surface area contributed by atoms with E-state index in [2.05, 4.69) is 6.92 Å². The van der Waals surface area contributed by atoms with Gasteiger partial charge in [-0.25, -0.2) is 4.79 Å². The molecule has 2 spiro atoms. The fraction of sp³-hybridized carbons (Fsp3) is 0.850. The first-order valence-electron chi connectivity index (χ1n) is 10.1. The van der Waals surface area contributed by atoms with Crippen molar-refractivity contribution in [3.8, 4) is 0 Å². The molecule has 2 saturated carbocycles. The van der Waals surface area contributed by atoms with E-state index in [0.717, 1.165) is 24.0 Å². The molecule has 27 heavy (non-hydrogen) atoms. The number of fused-ring (bicyclic) bond motifs is 4. The Morgan fingerprint density at radius 1 is 1.26 bits per heavy atom. The summed E-state index contributed by atoms with van der Waals surface area (Å²) in [4.78, 5) is 12.1. The number of carbonyl (C=O) groups is 1. The Kier molecular flexibility index (Phi) is 2.43. The summed E-state index contributed by atoms with van der Waals surface area (Å²) in [6.45, 7) is 4.49. The molecule has 10 atom stereocenters. The highest BCUT2D eigenvalue weighted by Crippen LogP contribution is 2.82. The van der Waals surface area contributed by atoms with Crippen molar-refractivity contribution in [1.82, 2.24) is 0 Å². The van der Waals surface area contributed by atoms with Crippen LogP contribution in [0.1, 0.15) is 33.1 Å². The lowest BCUT2D eigenvalue weighted by Crippen LogP contribution is -2.69.